The van der Waals surface area contributed by atoms with E-state index in [1.54, 1.807) is 0 Å². The molecule has 1 aliphatic heterocycles. The van der Waals surface area contributed by atoms with E-state index in [0.29, 0.717) is 13.0 Å². The third kappa shape index (κ3) is 3.93. The quantitative estimate of drug-likeness (QED) is 0.664. The predicted octanol–water partition coefficient (Wildman–Crippen LogP) is 0.0322. The minimum absolute atomic E-state index is 0.00471. The van der Waals surface area contributed by atoms with Crippen molar-refractivity contribution in [3.8, 4) is 0 Å². The highest BCUT2D eigenvalue weighted by Crippen LogP contribution is 2.24. The lowest BCUT2D eigenvalue weighted by Gasteiger charge is -2.31. The van der Waals surface area contributed by atoms with E-state index in [1.165, 1.54) is 0 Å². The molecule has 1 aliphatic carbocycles. The summed E-state index contributed by atoms with van der Waals surface area (Å²) in [6, 6.07) is 0.146. The van der Waals surface area contributed by atoms with Gasteiger partial charge in [-0.3, -0.25) is 4.79 Å². The highest BCUT2D eigenvalue weighted by Gasteiger charge is 2.27. The molecule has 1 amide bonds. The van der Waals surface area contributed by atoms with Gasteiger partial charge in [-0.15, -0.1) is 0 Å². The molecule has 1 saturated carbocycles. The lowest BCUT2D eigenvalue weighted by molar-refractivity contribution is -0.125. The van der Waals surface area contributed by atoms with Crippen molar-refractivity contribution < 1.29 is 14.6 Å². The van der Waals surface area contributed by atoms with Crippen molar-refractivity contribution in [2.24, 2.45) is 5.92 Å². The first-order valence-corrected chi connectivity index (χ1v) is 7.02. The first kappa shape index (κ1) is 13.8. The van der Waals surface area contributed by atoms with Gasteiger partial charge < -0.3 is 20.5 Å². The SMILES string of the molecule is O=C(CC1CNCCO1)NC1CCCCC1CO. The minimum Gasteiger partial charge on any atom is -0.396 e. The summed E-state index contributed by atoms with van der Waals surface area (Å²) in [6.45, 7) is 2.47. The van der Waals surface area contributed by atoms with E-state index in [1.807, 2.05) is 0 Å². The molecule has 1 heterocycles. The zero-order valence-electron chi connectivity index (χ0n) is 10.9. The summed E-state index contributed by atoms with van der Waals surface area (Å²) in [5, 5.41) is 15.6. The zero-order chi connectivity index (χ0) is 12.8. The second-order valence-corrected chi connectivity index (χ2v) is 5.30. The van der Waals surface area contributed by atoms with Gasteiger partial charge in [0, 0.05) is 31.7 Å². The fourth-order valence-electron chi connectivity index (χ4n) is 2.84. The molecule has 0 radical (unpaired) electrons. The fraction of sp³-hybridized carbons (Fsp3) is 0.923. The van der Waals surface area contributed by atoms with Crippen LogP contribution in [0.1, 0.15) is 32.1 Å². The van der Waals surface area contributed by atoms with E-state index < -0.39 is 0 Å². The Labute approximate surface area is 108 Å². The van der Waals surface area contributed by atoms with Crippen LogP contribution in [-0.2, 0) is 9.53 Å². The maximum atomic E-state index is 11.9. The van der Waals surface area contributed by atoms with Gasteiger partial charge in [-0.2, -0.15) is 0 Å². The van der Waals surface area contributed by atoms with Gasteiger partial charge in [0.2, 0.25) is 5.91 Å². The van der Waals surface area contributed by atoms with E-state index in [-0.39, 0.29) is 30.6 Å². The molecule has 0 spiro atoms. The summed E-state index contributed by atoms with van der Waals surface area (Å²) < 4.78 is 5.52. The van der Waals surface area contributed by atoms with E-state index >= 15 is 0 Å². The number of rotatable bonds is 4. The molecule has 0 aromatic heterocycles. The third-order valence-corrected chi connectivity index (χ3v) is 3.91. The molecule has 1 saturated heterocycles. The van der Waals surface area contributed by atoms with Crippen LogP contribution in [0.15, 0.2) is 0 Å². The van der Waals surface area contributed by atoms with E-state index in [0.717, 1.165) is 38.8 Å². The van der Waals surface area contributed by atoms with Crippen LogP contribution in [0.3, 0.4) is 0 Å². The van der Waals surface area contributed by atoms with Crippen molar-refractivity contribution in [1.29, 1.82) is 0 Å². The van der Waals surface area contributed by atoms with Crippen molar-refractivity contribution in [3.05, 3.63) is 0 Å². The van der Waals surface area contributed by atoms with Gasteiger partial charge in [0.1, 0.15) is 0 Å². The maximum absolute atomic E-state index is 11.9. The smallest absolute Gasteiger partial charge is 0.222 e. The topological polar surface area (TPSA) is 70.6 Å². The van der Waals surface area contributed by atoms with Gasteiger partial charge >= 0.3 is 0 Å². The van der Waals surface area contributed by atoms with Crippen molar-refractivity contribution >= 4 is 5.91 Å². The number of aliphatic hydroxyl groups excluding tert-OH is 1. The average molecular weight is 256 g/mol. The molecule has 5 heteroatoms. The summed E-state index contributed by atoms with van der Waals surface area (Å²) in [6.07, 6.45) is 4.72. The van der Waals surface area contributed by atoms with E-state index in [4.69, 9.17) is 4.74 Å². The van der Waals surface area contributed by atoms with Crippen molar-refractivity contribution in [3.63, 3.8) is 0 Å². The van der Waals surface area contributed by atoms with Gasteiger partial charge in [-0.25, -0.2) is 0 Å². The van der Waals surface area contributed by atoms with Crippen LogP contribution in [-0.4, -0.2) is 49.5 Å². The summed E-state index contributed by atoms with van der Waals surface area (Å²) in [7, 11) is 0. The summed E-state index contributed by atoms with van der Waals surface area (Å²) in [5.74, 6) is 0.280. The molecule has 104 valence electrons. The number of carbonyl (C=O) groups is 1. The van der Waals surface area contributed by atoms with Gasteiger partial charge in [0.15, 0.2) is 0 Å². The molecule has 0 aromatic carbocycles. The largest absolute Gasteiger partial charge is 0.396 e. The Balaban J connectivity index is 1.75. The first-order valence-electron chi connectivity index (χ1n) is 7.02. The molecular formula is C13H24N2O3. The highest BCUT2D eigenvalue weighted by molar-refractivity contribution is 5.76. The monoisotopic (exact) mass is 256 g/mol. The number of hydrogen-bond acceptors (Lipinski definition) is 4. The molecule has 18 heavy (non-hydrogen) atoms. The van der Waals surface area contributed by atoms with Crippen LogP contribution < -0.4 is 10.6 Å². The minimum atomic E-state index is -0.00471. The number of aliphatic hydroxyl groups is 1. The van der Waals surface area contributed by atoms with Crippen LogP contribution in [0.4, 0.5) is 0 Å². The molecule has 3 atom stereocenters. The Kier molecular flexibility index (Phi) is 5.41. The third-order valence-electron chi connectivity index (χ3n) is 3.91. The van der Waals surface area contributed by atoms with E-state index in [9.17, 15) is 9.90 Å². The maximum Gasteiger partial charge on any atom is 0.222 e. The standard InChI is InChI=1S/C13H24N2O3/c16-9-10-3-1-2-4-12(10)15-13(17)7-11-8-14-5-6-18-11/h10-12,14,16H,1-9H2,(H,15,17). The van der Waals surface area contributed by atoms with Crippen LogP contribution in [0.5, 0.6) is 0 Å². The zero-order valence-corrected chi connectivity index (χ0v) is 10.9. The first-order chi connectivity index (χ1) is 8.79. The van der Waals surface area contributed by atoms with Crippen LogP contribution in [0, 0.1) is 5.92 Å². The number of hydrogen-bond donors (Lipinski definition) is 3. The number of morpholine rings is 1. The molecule has 5 nitrogen and oxygen atoms in total. The van der Waals surface area contributed by atoms with E-state index in [2.05, 4.69) is 10.6 Å². The number of ether oxygens (including phenoxy) is 1. The molecule has 2 aliphatic rings. The van der Waals surface area contributed by atoms with Gasteiger partial charge in [0.05, 0.1) is 19.1 Å². The van der Waals surface area contributed by atoms with Gasteiger partial charge in [0.25, 0.3) is 0 Å². The number of nitrogens with one attached hydrogen (secondary N) is 2. The summed E-state index contributed by atoms with van der Waals surface area (Å²) in [5.41, 5.74) is 0. The highest BCUT2D eigenvalue weighted by atomic mass is 16.5. The predicted molar refractivity (Wildman–Crippen MR) is 68.2 cm³/mol. The van der Waals surface area contributed by atoms with Crippen LogP contribution in [0.2, 0.25) is 0 Å². The number of amides is 1. The molecule has 2 fully saturated rings. The van der Waals surface area contributed by atoms with Gasteiger partial charge in [-0.05, 0) is 12.8 Å². The van der Waals surface area contributed by atoms with Crippen LogP contribution in [0.25, 0.3) is 0 Å². The fourth-order valence-corrected chi connectivity index (χ4v) is 2.84. The molecular weight excluding hydrogens is 232 g/mol. The molecule has 0 bridgehead atoms. The summed E-state index contributed by atoms with van der Waals surface area (Å²) in [4.78, 5) is 11.9. The van der Waals surface area contributed by atoms with Crippen molar-refractivity contribution in [2.75, 3.05) is 26.3 Å². The van der Waals surface area contributed by atoms with Crippen LogP contribution >= 0.6 is 0 Å². The second kappa shape index (κ2) is 7.07. The van der Waals surface area contributed by atoms with Crippen molar-refractivity contribution in [2.45, 2.75) is 44.2 Å². The molecule has 2 rings (SSSR count). The molecule has 3 N–H and O–H groups in total. The Hall–Kier alpha value is -0.650. The molecule has 3 unspecified atom stereocenters. The number of carbonyl (C=O) groups excluding carboxylic acids is 1. The Morgan fingerprint density at radius 1 is 1.39 bits per heavy atom. The van der Waals surface area contributed by atoms with Crippen molar-refractivity contribution in [1.82, 2.24) is 10.6 Å². The summed E-state index contributed by atoms with van der Waals surface area (Å²) >= 11 is 0. The Bertz CT molecular complexity index is 267. The second-order valence-electron chi connectivity index (χ2n) is 5.30. The lowest BCUT2D eigenvalue weighted by atomic mass is 9.85. The Morgan fingerprint density at radius 2 is 2.22 bits per heavy atom. The van der Waals surface area contributed by atoms with Gasteiger partial charge in [-0.1, -0.05) is 12.8 Å². The average Bonchev–Trinajstić information content (AvgIpc) is 2.40. The lowest BCUT2D eigenvalue weighted by Crippen LogP contribution is -2.46. The Morgan fingerprint density at radius 3 is 2.94 bits per heavy atom. The molecule has 0 aromatic rings. The normalized spacial score (nSPS) is 33.1.